The van der Waals surface area contributed by atoms with Crippen LogP contribution in [0, 0.1) is 0 Å². The quantitative estimate of drug-likeness (QED) is 0.196. The van der Waals surface area contributed by atoms with Crippen LogP contribution >= 0.6 is 11.3 Å². The molecule has 0 radical (unpaired) electrons. The van der Waals surface area contributed by atoms with E-state index < -0.39 is 6.04 Å². The lowest BCUT2D eigenvalue weighted by molar-refractivity contribution is 0.0917. The standard InChI is InChI=1S/C32H33N3O4S/c1-3-12-39-29-17-24-20(15-28(29)38-2)10-11-35-27(24)16-25(31(35)30-9-6-13-40-30)32(37)34-22(19-36)14-21-18-33-26-8-5-4-7-23(21)26/h4-9,13,15-18,22,33,36H,3,10-12,14,19H2,1-2H3,(H,34,37). The monoisotopic (exact) mass is 555 g/mol. The molecule has 1 amide bonds. The van der Waals surface area contributed by atoms with Gasteiger partial charge in [0.05, 0.1) is 42.5 Å². The van der Waals surface area contributed by atoms with Gasteiger partial charge in [0.15, 0.2) is 11.5 Å². The fraction of sp³-hybridized carbons (Fsp3) is 0.281. The van der Waals surface area contributed by atoms with Crippen LogP contribution in [0.25, 0.3) is 32.7 Å². The number of aliphatic hydroxyl groups excluding tert-OH is 1. The largest absolute Gasteiger partial charge is 0.493 e. The summed E-state index contributed by atoms with van der Waals surface area (Å²) in [5, 5.41) is 16.5. The zero-order valence-corrected chi connectivity index (χ0v) is 23.5. The van der Waals surface area contributed by atoms with E-state index in [0.29, 0.717) is 24.3 Å². The first-order valence-corrected chi connectivity index (χ1v) is 14.6. The van der Waals surface area contributed by atoms with E-state index in [4.69, 9.17) is 9.47 Å². The van der Waals surface area contributed by atoms with Gasteiger partial charge in [0.2, 0.25) is 0 Å². The minimum atomic E-state index is -0.426. The number of carbonyl (C=O) groups excluding carboxylic acids is 1. The number of para-hydroxylation sites is 1. The van der Waals surface area contributed by atoms with Crippen molar-refractivity contribution in [1.82, 2.24) is 14.9 Å². The molecule has 0 aliphatic carbocycles. The number of hydrogen-bond donors (Lipinski definition) is 3. The molecule has 7 nitrogen and oxygen atoms in total. The maximum atomic E-state index is 13.9. The Bertz CT molecular complexity index is 1650. The Morgan fingerprint density at radius 3 is 2.83 bits per heavy atom. The number of rotatable bonds is 10. The molecular weight excluding hydrogens is 522 g/mol. The number of fused-ring (bicyclic) bond motifs is 4. The molecule has 1 atom stereocenters. The van der Waals surface area contributed by atoms with Crippen LogP contribution in [0.4, 0.5) is 0 Å². The smallest absolute Gasteiger partial charge is 0.253 e. The summed E-state index contributed by atoms with van der Waals surface area (Å²) >= 11 is 1.62. The summed E-state index contributed by atoms with van der Waals surface area (Å²) in [4.78, 5) is 18.2. The zero-order valence-electron chi connectivity index (χ0n) is 22.7. The lowest BCUT2D eigenvalue weighted by Crippen LogP contribution is -2.39. The first kappa shape index (κ1) is 26.2. The van der Waals surface area contributed by atoms with Crippen LogP contribution in [0.3, 0.4) is 0 Å². The van der Waals surface area contributed by atoms with Gasteiger partial charge in [-0.3, -0.25) is 4.79 Å². The lowest BCUT2D eigenvalue weighted by atomic mass is 9.97. The molecule has 1 aliphatic rings. The second-order valence-electron chi connectivity index (χ2n) is 10.1. The Labute approximate surface area is 237 Å². The van der Waals surface area contributed by atoms with Crippen molar-refractivity contribution in [3.05, 3.63) is 82.9 Å². The first-order valence-electron chi connectivity index (χ1n) is 13.7. The molecule has 0 fully saturated rings. The average molecular weight is 556 g/mol. The highest BCUT2D eigenvalue weighted by atomic mass is 32.1. The van der Waals surface area contributed by atoms with Crippen molar-refractivity contribution in [2.24, 2.45) is 0 Å². The molecule has 0 saturated carbocycles. The molecule has 206 valence electrons. The summed E-state index contributed by atoms with van der Waals surface area (Å²) in [6.45, 7) is 3.27. The van der Waals surface area contributed by atoms with Gasteiger partial charge in [-0.25, -0.2) is 0 Å². The maximum absolute atomic E-state index is 13.9. The van der Waals surface area contributed by atoms with E-state index in [2.05, 4.69) is 40.0 Å². The number of amides is 1. The highest BCUT2D eigenvalue weighted by molar-refractivity contribution is 7.13. The van der Waals surface area contributed by atoms with Crippen molar-refractivity contribution in [3.63, 3.8) is 0 Å². The molecule has 0 saturated heterocycles. The number of aryl methyl sites for hydroxylation is 1. The van der Waals surface area contributed by atoms with E-state index in [1.807, 2.05) is 48.0 Å². The van der Waals surface area contributed by atoms with Gasteiger partial charge in [-0.1, -0.05) is 31.2 Å². The molecule has 1 unspecified atom stereocenters. The molecule has 0 spiro atoms. The van der Waals surface area contributed by atoms with Gasteiger partial charge in [-0.15, -0.1) is 11.3 Å². The second-order valence-corrected chi connectivity index (χ2v) is 11.0. The van der Waals surface area contributed by atoms with Crippen molar-refractivity contribution >= 4 is 28.1 Å². The van der Waals surface area contributed by atoms with E-state index in [1.54, 1.807) is 18.4 Å². The number of H-pyrrole nitrogens is 1. The summed E-state index contributed by atoms with van der Waals surface area (Å²) in [7, 11) is 1.66. The van der Waals surface area contributed by atoms with Gasteiger partial charge in [-0.05, 0) is 66.1 Å². The van der Waals surface area contributed by atoms with Crippen LogP contribution in [0.1, 0.15) is 34.8 Å². The van der Waals surface area contributed by atoms with Crippen molar-refractivity contribution in [3.8, 4) is 33.3 Å². The zero-order chi connectivity index (χ0) is 27.6. The van der Waals surface area contributed by atoms with Crippen LogP contribution in [0.5, 0.6) is 11.5 Å². The Kier molecular flexibility index (Phi) is 7.36. The first-order chi connectivity index (χ1) is 19.6. The Hall–Kier alpha value is -4.01. The summed E-state index contributed by atoms with van der Waals surface area (Å²) < 4.78 is 13.9. The van der Waals surface area contributed by atoms with E-state index >= 15 is 0 Å². The number of ether oxygens (including phenoxy) is 2. The van der Waals surface area contributed by atoms with Crippen LogP contribution in [-0.4, -0.2) is 46.9 Å². The minimum Gasteiger partial charge on any atom is -0.493 e. The third-order valence-corrected chi connectivity index (χ3v) is 8.40. The van der Waals surface area contributed by atoms with Crippen molar-refractivity contribution in [2.75, 3.05) is 20.3 Å². The molecule has 5 aromatic rings. The normalized spacial score (nSPS) is 13.1. The summed E-state index contributed by atoms with van der Waals surface area (Å²) in [5.41, 5.74) is 6.81. The topological polar surface area (TPSA) is 88.5 Å². The fourth-order valence-corrected chi connectivity index (χ4v) is 6.40. The van der Waals surface area contributed by atoms with E-state index in [1.165, 1.54) is 5.56 Å². The van der Waals surface area contributed by atoms with Crippen molar-refractivity contribution < 1.29 is 19.4 Å². The van der Waals surface area contributed by atoms with Crippen molar-refractivity contribution in [1.29, 1.82) is 0 Å². The number of thiophene rings is 1. The summed E-state index contributed by atoms with van der Waals surface area (Å²) in [6.07, 6.45) is 4.20. The third-order valence-electron chi connectivity index (χ3n) is 7.52. The van der Waals surface area contributed by atoms with Crippen molar-refractivity contribution in [2.45, 2.75) is 38.8 Å². The number of methoxy groups -OCH3 is 1. The second kappa shape index (κ2) is 11.2. The molecular formula is C32H33N3O4S. The molecule has 3 N–H and O–H groups in total. The van der Waals surface area contributed by atoms with Gasteiger partial charge in [0, 0.05) is 34.9 Å². The number of nitrogens with zero attached hydrogens (tertiary/aromatic N) is 1. The number of benzene rings is 2. The molecule has 8 heteroatoms. The average Bonchev–Trinajstić information content (AvgIpc) is 3.74. The third kappa shape index (κ3) is 4.78. The van der Waals surface area contributed by atoms with Gasteiger partial charge in [0.25, 0.3) is 5.91 Å². The predicted molar refractivity (Wildman–Crippen MR) is 160 cm³/mol. The molecule has 4 heterocycles. The minimum absolute atomic E-state index is 0.159. The van der Waals surface area contributed by atoms with E-state index in [-0.39, 0.29) is 12.5 Å². The molecule has 1 aliphatic heterocycles. The van der Waals surface area contributed by atoms with Crippen LogP contribution in [-0.2, 0) is 19.4 Å². The lowest BCUT2D eigenvalue weighted by Gasteiger charge is -2.23. The SMILES string of the molecule is CCCOc1cc2c(cc1OC)CCn1c-2cc(C(=O)NC(CO)Cc2c[nH]c3ccccc23)c1-c1cccs1. The molecule has 0 bridgehead atoms. The van der Waals surface area contributed by atoms with E-state index in [0.717, 1.165) is 63.4 Å². The van der Waals surface area contributed by atoms with Gasteiger partial charge >= 0.3 is 0 Å². The summed E-state index contributed by atoms with van der Waals surface area (Å²) in [5.74, 6) is 1.24. The fourth-order valence-electron chi connectivity index (χ4n) is 5.61. The van der Waals surface area contributed by atoms with Gasteiger partial charge < -0.3 is 29.4 Å². The summed E-state index contributed by atoms with van der Waals surface area (Å²) in [6, 6.07) is 17.8. The van der Waals surface area contributed by atoms with Crippen LogP contribution in [0.2, 0.25) is 0 Å². The maximum Gasteiger partial charge on any atom is 0.253 e. The molecule has 2 aromatic carbocycles. The number of hydrogen-bond acceptors (Lipinski definition) is 5. The Morgan fingerprint density at radius 2 is 2.05 bits per heavy atom. The predicted octanol–water partition coefficient (Wildman–Crippen LogP) is 6.05. The number of carbonyl (C=O) groups is 1. The highest BCUT2D eigenvalue weighted by Crippen LogP contribution is 2.43. The number of aromatic nitrogens is 2. The number of nitrogens with one attached hydrogen (secondary N) is 2. The Balaban J connectivity index is 1.37. The van der Waals surface area contributed by atoms with Gasteiger partial charge in [0.1, 0.15) is 0 Å². The number of aliphatic hydroxyl groups is 1. The molecule has 6 rings (SSSR count). The number of aromatic amines is 1. The van der Waals surface area contributed by atoms with Gasteiger partial charge in [-0.2, -0.15) is 0 Å². The van der Waals surface area contributed by atoms with Crippen LogP contribution in [0.15, 0.2) is 66.2 Å². The van der Waals surface area contributed by atoms with E-state index in [9.17, 15) is 9.90 Å². The highest BCUT2D eigenvalue weighted by Gasteiger charge is 2.29. The molecule has 3 aromatic heterocycles. The molecule has 40 heavy (non-hydrogen) atoms. The Morgan fingerprint density at radius 1 is 1.18 bits per heavy atom. The van der Waals surface area contributed by atoms with Crippen LogP contribution < -0.4 is 14.8 Å².